The van der Waals surface area contributed by atoms with Crippen molar-refractivity contribution in [1.29, 1.82) is 0 Å². The van der Waals surface area contributed by atoms with Crippen LogP contribution in [0.2, 0.25) is 0 Å². The number of hydrogen-bond acceptors (Lipinski definition) is 15. The molecule has 21 nitrogen and oxygen atoms in total. The monoisotopic (exact) mass is 498 g/mol. The summed E-state index contributed by atoms with van der Waals surface area (Å²) in [4.78, 5) is 61.3. The van der Waals surface area contributed by atoms with Gasteiger partial charge in [0.25, 0.3) is 11.4 Å². The van der Waals surface area contributed by atoms with Crippen molar-refractivity contribution >= 4 is 45.5 Å². The molecule has 0 atom stereocenters. The molecule has 0 spiro atoms. The molecule has 0 unspecified atom stereocenters. The van der Waals surface area contributed by atoms with Gasteiger partial charge < -0.3 is 16.2 Å². The predicted molar refractivity (Wildman–Crippen MR) is 112 cm³/mol. The summed E-state index contributed by atoms with van der Waals surface area (Å²) < 4.78 is 0. The number of nitrogens with one attached hydrogen (secondary N) is 1. The van der Waals surface area contributed by atoms with E-state index in [1.165, 1.54) is 0 Å². The molecule has 0 radical (unpaired) electrons. The molecule has 0 aliphatic rings. The second-order valence-electron chi connectivity index (χ2n) is 6.26. The molecule has 0 heterocycles. The van der Waals surface area contributed by atoms with E-state index >= 15 is 0 Å². The summed E-state index contributed by atoms with van der Waals surface area (Å²) in [6, 6.07) is 0.250. The van der Waals surface area contributed by atoms with Gasteiger partial charge in [0.1, 0.15) is 0 Å². The Bertz CT molecular complexity index is 1320. The lowest BCUT2D eigenvalue weighted by Crippen LogP contribution is -2.13. The molecule has 0 aromatic heterocycles. The van der Waals surface area contributed by atoms with E-state index in [1.54, 1.807) is 0 Å². The quantitative estimate of drug-likeness (QED) is 0.239. The molecule has 0 saturated heterocycles. The topological polar surface area (TPSA) is 317 Å². The molecular weight excluding hydrogens is 488 g/mol. The number of anilines is 2. The number of aliphatic hydroxyl groups is 1. The van der Waals surface area contributed by atoms with Crippen LogP contribution in [0.4, 0.5) is 45.5 Å². The van der Waals surface area contributed by atoms with E-state index in [1.807, 2.05) is 0 Å². The van der Waals surface area contributed by atoms with Crippen LogP contribution in [-0.4, -0.2) is 47.8 Å². The fourth-order valence-corrected chi connectivity index (χ4v) is 3.10. The van der Waals surface area contributed by atoms with Crippen molar-refractivity contribution < 1.29 is 34.6 Å². The molecule has 0 saturated carbocycles. The fourth-order valence-electron chi connectivity index (χ4n) is 3.10. The maximum Gasteiger partial charge on any atom is 0.314 e. The summed E-state index contributed by atoms with van der Waals surface area (Å²) in [5.74, 6) is 0. The number of benzene rings is 2. The second kappa shape index (κ2) is 9.49. The van der Waals surface area contributed by atoms with Gasteiger partial charge in [-0.05, 0) is 0 Å². The van der Waals surface area contributed by atoms with Gasteiger partial charge in [-0.25, -0.2) is 0 Å². The van der Waals surface area contributed by atoms with Crippen molar-refractivity contribution in [1.82, 2.24) is 0 Å². The van der Waals surface area contributed by atoms with E-state index < -0.39 is 99.3 Å². The van der Waals surface area contributed by atoms with Crippen molar-refractivity contribution in [3.63, 3.8) is 0 Å². The van der Waals surface area contributed by atoms with E-state index in [2.05, 4.69) is 5.32 Å². The smallest absolute Gasteiger partial charge is 0.314 e. The third-order valence-electron chi connectivity index (χ3n) is 4.37. The van der Waals surface area contributed by atoms with Gasteiger partial charge in [-0.1, -0.05) is 0 Å². The molecule has 2 aromatic rings. The number of nitrogens with two attached hydrogens (primary N) is 1. The number of nitrogens with zero attached hydrogens (tertiary/aromatic N) is 6. The molecule has 35 heavy (non-hydrogen) atoms. The molecule has 0 aliphatic carbocycles. The summed E-state index contributed by atoms with van der Waals surface area (Å²) in [6.45, 7) is -1.35. The lowest BCUT2D eigenvalue weighted by atomic mass is 9.94. The number of nitro benzene ring substituents is 6. The Morgan fingerprint density at radius 2 is 1.06 bits per heavy atom. The van der Waals surface area contributed by atoms with Crippen molar-refractivity contribution in [3.05, 3.63) is 72.8 Å². The Labute approximate surface area is 189 Å². The van der Waals surface area contributed by atoms with Crippen LogP contribution in [0.25, 0.3) is 11.1 Å². The second-order valence-corrected chi connectivity index (χ2v) is 6.26. The SMILES string of the molecule is Nc1c([N+](=O)[O-])cc([N+](=O)[O-])c(-c2c([N+](=O)[O-])cc([N+](=O)[O-])c(NCCO)c2[N+](=O)[O-])c1[N+](=O)[O-]. The first-order valence-electron chi connectivity index (χ1n) is 8.65. The van der Waals surface area contributed by atoms with Gasteiger partial charge in [0, 0.05) is 6.54 Å². The van der Waals surface area contributed by atoms with Gasteiger partial charge in [-0.3, -0.25) is 60.7 Å². The zero-order valence-corrected chi connectivity index (χ0v) is 16.7. The Morgan fingerprint density at radius 3 is 1.43 bits per heavy atom. The lowest BCUT2D eigenvalue weighted by molar-refractivity contribution is -0.404. The van der Waals surface area contributed by atoms with Crippen LogP contribution >= 0.6 is 0 Å². The highest BCUT2D eigenvalue weighted by Gasteiger charge is 2.46. The van der Waals surface area contributed by atoms with Crippen LogP contribution in [0.3, 0.4) is 0 Å². The maximum atomic E-state index is 11.9. The van der Waals surface area contributed by atoms with Gasteiger partial charge in [0.2, 0.25) is 0 Å². The van der Waals surface area contributed by atoms with Crippen molar-refractivity contribution in [3.8, 4) is 11.1 Å². The molecular formula is C14H10N8O13. The van der Waals surface area contributed by atoms with Gasteiger partial charge in [0.05, 0.1) is 48.3 Å². The highest BCUT2D eigenvalue weighted by atomic mass is 16.6. The van der Waals surface area contributed by atoms with Gasteiger partial charge >= 0.3 is 22.7 Å². The highest BCUT2D eigenvalue weighted by Crippen LogP contribution is 2.55. The minimum atomic E-state index is -1.65. The minimum absolute atomic E-state index is 0.105. The summed E-state index contributed by atoms with van der Waals surface area (Å²) >= 11 is 0. The molecule has 4 N–H and O–H groups in total. The number of hydrogen-bond donors (Lipinski definition) is 3. The summed E-state index contributed by atoms with van der Waals surface area (Å²) in [5, 5.41) is 80.8. The number of nitrogen functional groups attached to an aromatic ring is 1. The van der Waals surface area contributed by atoms with Gasteiger partial charge in [0.15, 0.2) is 22.5 Å². The Kier molecular flexibility index (Phi) is 6.96. The van der Waals surface area contributed by atoms with E-state index in [4.69, 9.17) is 10.8 Å². The fraction of sp³-hybridized carbons (Fsp3) is 0.143. The average Bonchev–Trinajstić information content (AvgIpc) is 2.74. The zero-order chi connectivity index (χ0) is 26.8. The van der Waals surface area contributed by atoms with Crippen molar-refractivity contribution in [2.75, 3.05) is 24.2 Å². The van der Waals surface area contributed by atoms with Crippen LogP contribution < -0.4 is 11.1 Å². The number of rotatable bonds is 10. The summed E-state index contributed by atoms with van der Waals surface area (Å²) in [5.41, 5.74) is -8.86. The normalized spacial score (nSPS) is 10.4. The Balaban J connectivity index is 3.38. The first-order chi connectivity index (χ1) is 16.3. The molecule has 0 aliphatic heterocycles. The predicted octanol–water partition coefficient (Wildman–Crippen LogP) is 1.79. The van der Waals surface area contributed by atoms with E-state index in [0.717, 1.165) is 0 Å². The van der Waals surface area contributed by atoms with E-state index in [0.29, 0.717) is 0 Å². The van der Waals surface area contributed by atoms with Gasteiger partial charge in [-0.15, -0.1) is 0 Å². The lowest BCUT2D eigenvalue weighted by Gasteiger charge is -2.12. The van der Waals surface area contributed by atoms with Gasteiger partial charge in [-0.2, -0.15) is 0 Å². The summed E-state index contributed by atoms with van der Waals surface area (Å²) in [6.07, 6.45) is 0. The standard InChI is InChI=1S/C14H10N8O13/c15-11-7(19(28)29)3-5(17(24)25)9(13(11)21(32)33)10-6(18(26)27)4-8(20(30)31)12(16-1-2-23)14(10)22(34)35/h3-4,16,23H,1-2,15H2. The molecule has 21 heteroatoms. The largest absolute Gasteiger partial charge is 0.395 e. The van der Waals surface area contributed by atoms with Crippen LogP contribution in [-0.2, 0) is 0 Å². The van der Waals surface area contributed by atoms with Crippen LogP contribution in [0, 0.1) is 60.7 Å². The third-order valence-corrected chi connectivity index (χ3v) is 4.37. The third kappa shape index (κ3) is 4.49. The molecule has 0 bridgehead atoms. The van der Waals surface area contributed by atoms with Crippen LogP contribution in [0.5, 0.6) is 0 Å². The number of nitro groups is 6. The number of aliphatic hydroxyl groups excluding tert-OH is 1. The van der Waals surface area contributed by atoms with E-state index in [-0.39, 0.29) is 12.1 Å². The first kappa shape index (κ1) is 25.7. The summed E-state index contributed by atoms with van der Waals surface area (Å²) in [7, 11) is 0. The molecule has 0 amide bonds. The average molecular weight is 498 g/mol. The molecule has 0 fully saturated rings. The first-order valence-corrected chi connectivity index (χ1v) is 8.65. The van der Waals surface area contributed by atoms with Crippen LogP contribution in [0.15, 0.2) is 12.1 Å². The Morgan fingerprint density at radius 1 is 0.657 bits per heavy atom. The maximum absolute atomic E-state index is 11.9. The van der Waals surface area contributed by atoms with Crippen molar-refractivity contribution in [2.24, 2.45) is 0 Å². The van der Waals surface area contributed by atoms with Crippen molar-refractivity contribution in [2.45, 2.75) is 0 Å². The molecule has 184 valence electrons. The Hall–Kier alpha value is -5.60. The minimum Gasteiger partial charge on any atom is -0.395 e. The zero-order valence-electron chi connectivity index (χ0n) is 16.7. The molecule has 2 aromatic carbocycles. The van der Waals surface area contributed by atoms with E-state index in [9.17, 15) is 60.7 Å². The highest BCUT2D eigenvalue weighted by molar-refractivity contribution is 6.03. The van der Waals surface area contributed by atoms with Crippen LogP contribution in [0.1, 0.15) is 0 Å². The molecule has 2 rings (SSSR count).